The van der Waals surface area contributed by atoms with Crippen LogP contribution in [0.25, 0.3) is 0 Å². The van der Waals surface area contributed by atoms with Crippen LogP contribution < -0.4 is 10.2 Å². The molecule has 1 aliphatic heterocycles. The summed E-state index contributed by atoms with van der Waals surface area (Å²) in [6, 6.07) is 8.36. The van der Waals surface area contributed by atoms with Gasteiger partial charge >= 0.3 is 0 Å². The average molecular weight is 357 g/mol. The predicted octanol–water partition coefficient (Wildman–Crippen LogP) is 4.18. The highest BCUT2D eigenvalue weighted by Crippen LogP contribution is 2.35. The van der Waals surface area contributed by atoms with Gasteiger partial charge in [-0.25, -0.2) is 0 Å². The molecule has 2 aliphatic rings. The van der Waals surface area contributed by atoms with Gasteiger partial charge < -0.3 is 10.2 Å². The number of amides is 2. The average Bonchev–Trinajstić information content (AvgIpc) is 2.80. The van der Waals surface area contributed by atoms with Crippen LogP contribution in [-0.2, 0) is 15.0 Å². The van der Waals surface area contributed by atoms with Crippen molar-refractivity contribution in [2.45, 2.75) is 77.2 Å². The fraction of sp³-hybridized carbons (Fsp3) is 0.636. The number of anilines is 1. The molecule has 1 heterocycles. The zero-order valence-corrected chi connectivity index (χ0v) is 16.4. The molecule has 1 N–H and O–H groups in total. The number of carbonyl (C=O) groups excluding carboxylic acids is 2. The zero-order chi connectivity index (χ0) is 18.7. The fourth-order valence-electron chi connectivity index (χ4n) is 4.20. The van der Waals surface area contributed by atoms with Crippen molar-refractivity contribution in [3.63, 3.8) is 0 Å². The molecule has 0 bridgehead atoms. The summed E-state index contributed by atoms with van der Waals surface area (Å²) in [4.78, 5) is 27.2. The molecular formula is C22H32N2O2. The number of carbonyl (C=O) groups is 2. The summed E-state index contributed by atoms with van der Waals surface area (Å²) < 4.78 is 0. The van der Waals surface area contributed by atoms with Crippen LogP contribution in [0.15, 0.2) is 24.3 Å². The molecule has 3 rings (SSSR count). The van der Waals surface area contributed by atoms with Crippen molar-refractivity contribution in [3.05, 3.63) is 29.8 Å². The van der Waals surface area contributed by atoms with Crippen LogP contribution in [-0.4, -0.2) is 24.4 Å². The van der Waals surface area contributed by atoms with E-state index in [1.54, 1.807) is 0 Å². The molecule has 1 saturated carbocycles. The largest absolute Gasteiger partial charge is 0.353 e. The molecule has 0 aromatic heterocycles. The first-order valence-electron chi connectivity index (χ1n) is 10.1. The highest BCUT2D eigenvalue weighted by atomic mass is 16.2. The van der Waals surface area contributed by atoms with E-state index in [0.717, 1.165) is 24.1 Å². The van der Waals surface area contributed by atoms with E-state index in [2.05, 4.69) is 32.2 Å². The Morgan fingerprint density at radius 1 is 1.08 bits per heavy atom. The molecule has 1 aliphatic carbocycles. The van der Waals surface area contributed by atoms with Crippen molar-refractivity contribution in [1.29, 1.82) is 0 Å². The van der Waals surface area contributed by atoms with Gasteiger partial charge in [-0.3, -0.25) is 9.59 Å². The standard InChI is InChI=1S/C22H32N2O2/c1-22(2,3)18-12-8-9-13-19(18)24-15-16(14-20(24)25)21(26)23-17-10-6-4-5-7-11-17/h8-9,12-13,16-17H,4-7,10-11,14-15H2,1-3H3,(H,23,26). The maximum Gasteiger partial charge on any atom is 0.227 e. The van der Waals surface area contributed by atoms with E-state index in [-0.39, 0.29) is 29.2 Å². The molecule has 1 saturated heterocycles. The van der Waals surface area contributed by atoms with Crippen molar-refractivity contribution >= 4 is 17.5 Å². The number of nitrogens with zero attached hydrogens (tertiary/aromatic N) is 1. The zero-order valence-electron chi connectivity index (χ0n) is 16.4. The molecule has 1 atom stereocenters. The molecule has 0 spiro atoms. The number of rotatable bonds is 3. The minimum Gasteiger partial charge on any atom is -0.353 e. The molecule has 4 nitrogen and oxygen atoms in total. The van der Waals surface area contributed by atoms with Crippen molar-refractivity contribution in [2.75, 3.05) is 11.4 Å². The van der Waals surface area contributed by atoms with Crippen molar-refractivity contribution < 1.29 is 9.59 Å². The summed E-state index contributed by atoms with van der Waals surface area (Å²) >= 11 is 0. The van der Waals surface area contributed by atoms with E-state index in [4.69, 9.17) is 0 Å². The number of hydrogen-bond donors (Lipinski definition) is 1. The number of benzene rings is 1. The Morgan fingerprint density at radius 3 is 2.38 bits per heavy atom. The van der Waals surface area contributed by atoms with Gasteiger partial charge in [-0.2, -0.15) is 0 Å². The van der Waals surface area contributed by atoms with Gasteiger partial charge in [0.05, 0.1) is 5.92 Å². The predicted molar refractivity (Wildman–Crippen MR) is 105 cm³/mol. The van der Waals surface area contributed by atoms with Gasteiger partial charge in [0, 0.05) is 24.7 Å². The molecule has 4 heteroatoms. The highest BCUT2D eigenvalue weighted by Gasteiger charge is 2.37. The topological polar surface area (TPSA) is 49.4 Å². The Morgan fingerprint density at radius 2 is 1.73 bits per heavy atom. The first-order valence-corrected chi connectivity index (χ1v) is 10.1. The van der Waals surface area contributed by atoms with Gasteiger partial charge in [0.15, 0.2) is 0 Å². The van der Waals surface area contributed by atoms with E-state index in [0.29, 0.717) is 13.0 Å². The Labute approximate surface area is 157 Å². The molecule has 1 aromatic carbocycles. The SMILES string of the molecule is CC(C)(C)c1ccccc1N1CC(C(=O)NC2CCCCCC2)CC1=O. The molecule has 1 aromatic rings. The summed E-state index contributed by atoms with van der Waals surface area (Å²) in [6.45, 7) is 6.96. The highest BCUT2D eigenvalue weighted by molar-refractivity contribution is 6.01. The lowest BCUT2D eigenvalue weighted by molar-refractivity contribution is -0.127. The smallest absolute Gasteiger partial charge is 0.227 e. The second-order valence-corrected chi connectivity index (χ2v) is 8.87. The van der Waals surface area contributed by atoms with Gasteiger partial charge in [0.1, 0.15) is 0 Å². The van der Waals surface area contributed by atoms with Gasteiger partial charge in [-0.1, -0.05) is 64.7 Å². The van der Waals surface area contributed by atoms with Crippen LogP contribution >= 0.6 is 0 Å². The Balaban J connectivity index is 1.70. The lowest BCUT2D eigenvalue weighted by Crippen LogP contribution is -2.39. The van der Waals surface area contributed by atoms with E-state index >= 15 is 0 Å². The van der Waals surface area contributed by atoms with Gasteiger partial charge in [-0.15, -0.1) is 0 Å². The molecule has 26 heavy (non-hydrogen) atoms. The quantitative estimate of drug-likeness (QED) is 0.826. The third-order valence-corrected chi connectivity index (χ3v) is 5.70. The van der Waals surface area contributed by atoms with E-state index in [1.165, 1.54) is 25.7 Å². The van der Waals surface area contributed by atoms with Gasteiger partial charge in [-0.05, 0) is 29.9 Å². The maximum absolute atomic E-state index is 12.7. The van der Waals surface area contributed by atoms with Gasteiger partial charge in [0.25, 0.3) is 0 Å². The third-order valence-electron chi connectivity index (χ3n) is 5.70. The van der Waals surface area contributed by atoms with Crippen LogP contribution in [0.1, 0.15) is 71.3 Å². The number of nitrogens with one attached hydrogen (secondary N) is 1. The van der Waals surface area contributed by atoms with Gasteiger partial charge in [0.2, 0.25) is 11.8 Å². The fourth-order valence-corrected chi connectivity index (χ4v) is 4.20. The number of para-hydroxylation sites is 1. The van der Waals surface area contributed by atoms with E-state index < -0.39 is 0 Å². The normalized spacial score (nSPS) is 22.3. The monoisotopic (exact) mass is 356 g/mol. The first kappa shape index (κ1) is 18.9. The minimum atomic E-state index is -0.237. The lowest BCUT2D eigenvalue weighted by Gasteiger charge is -2.27. The Bertz CT molecular complexity index is 654. The third kappa shape index (κ3) is 4.28. The molecule has 2 fully saturated rings. The summed E-state index contributed by atoms with van der Waals surface area (Å²) in [5.74, 6) is -0.123. The number of hydrogen-bond acceptors (Lipinski definition) is 2. The lowest BCUT2D eigenvalue weighted by atomic mass is 9.85. The summed E-state index contributed by atoms with van der Waals surface area (Å²) in [6.07, 6.45) is 7.39. The summed E-state index contributed by atoms with van der Waals surface area (Å²) in [5.41, 5.74) is 2.06. The van der Waals surface area contributed by atoms with Crippen molar-refractivity contribution in [1.82, 2.24) is 5.32 Å². The van der Waals surface area contributed by atoms with Crippen LogP contribution in [0.3, 0.4) is 0 Å². The van der Waals surface area contributed by atoms with E-state index in [9.17, 15) is 9.59 Å². The second-order valence-electron chi connectivity index (χ2n) is 8.87. The van der Waals surface area contributed by atoms with Crippen LogP contribution in [0.5, 0.6) is 0 Å². The Kier molecular flexibility index (Phi) is 5.69. The Hall–Kier alpha value is -1.84. The van der Waals surface area contributed by atoms with Crippen LogP contribution in [0.2, 0.25) is 0 Å². The minimum absolute atomic E-state index is 0.0441. The summed E-state index contributed by atoms with van der Waals surface area (Å²) in [7, 11) is 0. The molecular weight excluding hydrogens is 324 g/mol. The van der Waals surface area contributed by atoms with Crippen molar-refractivity contribution in [2.24, 2.45) is 5.92 Å². The van der Waals surface area contributed by atoms with Crippen LogP contribution in [0, 0.1) is 5.92 Å². The first-order chi connectivity index (χ1) is 12.4. The molecule has 142 valence electrons. The van der Waals surface area contributed by atoms with E-state index in [1.807, 2.05) is 23.1 Å². The molecule has 1 unspecified atom stereocenters. The second kappa shape index (κ2) is 7.81. The van der Waals surface area contributed by atoms with Crippen molar-refractivity contribution in [3.8, 4) is 0 Å². The van der Waals surface area contributed by atoms with Crippen LogP contribution in [0.4, 0.5) is 5.69 Å². The molecule has 2 amide bonds. The maximum atomic E-state index is 12.7. The summed E-state index contributed by atoms with van der Waals surface area (Å²) in [5, 5.41) is 3.22. The molecule has 0 radical (unpaired) electrons.